The van der Waals surface area contributed by atoms with Gasteiger partial charge in [0.15, 0.2) is 0 Å². The van der Waals surface area contributed by atoms with Gasteiger partial charge in [0.05, 0.1) is 29.0 Å². The number of aromatic nitrogens is 2. The van der Waals surface area contributed by atoms with E-state index in [-0.39, 0.29) is 6.04 Å². The first-order valence-corrected chi connectivity index (χ1v) is 10.1. The lowest BCUT2D eigenvalue weighted by Gasteiger charge is -2.35. The molecule has 0 radical (unpaired) electrons. The van der Waals surface area contributed by atoms with Crippen molar-refractivity contribution in [1.29, 1.82) is 0 Å². The summed E-state index contributed by atoms with van der Waals surface area (Å²) in [5.74, 6) is 0. The minimum absolute atomic E-state index is 0.193. The maximum Gasteiger partial charge on any atom is 0.0750 e. The lowest BCUT2D eigenvalue weighted by Crippen LogP contribution is -2.40. The van der Waals surface area contributed by atoms with Gasteiger partial charge in [-0.15, -0.1) is 0 Å². The molecule has 1 atom stereocenters. The van der Waals surface area contributed by atoms with E-state index in [1.807, 2.05) is 30.5 Å². The molecule has 144 valence electrons. The predicted octanol–water partition coefficient (Wildman–Crippen LogP) is 5.07. The maximum absolute atomic E-state index is 6.49. The van der Waals surface area contributed by atoms with Crippen LogP contribution in [0.1, 0.15) is 17.2 Å². The first-order chi connectivity index (χ1) is 13.7. The molecule has 1 aliphatic rings. The highest BCUT2D eigenvalue weighted by Gasteiger charge is 2.25. The lowest BCUT2D eigenvalue weighted by molar-refractivity contribution is 0.0160. The SMILES string of the molecule is Clc1cccc(-c2ncccc2CC(c2cccnc2)N2CCOCC2)c1Cl. The third-order valence-electron chi connectivity index (χ3n) is 5.07. The zero-order valence-electron chi connectivity index (χ0n) is 15.4. The largest absolute Gasteiger partial charge is 0.379 e. The minimum atomic E-state index is 0.193. The molecule has 6 heteroatoms. The molecule has 1 aromatic carbocycles. The van der Waals surface area contributed by atoms with E-state index in [9.17, 15) is 0 Å². The highest BCUT2D eigenvalue weighted by molar-refractivity contribution is 6.43. The first kappa shape index (κ1) is 19.3. The van der Waals surface area contributed by atoms with Gasteiger partial charge in [-0.3, -0.25) is 14.9 Å². The summed E-state index contributed by atoms with van der Waals surface area (Å²) in [6.07, 6.45) is 6.35. The summed E-state index contributed by atoms with van der Waals surface area (Å²) in [6.45, 7) is 3.29. The summed E-state index contributed by atoms with van der Waals surface area (Å²) in [6, 6.07) is 14.1. The molecule has 1 unspecified atom stereocenters. The molecule has 1 aliphatic heterocycles. The van der Waals surface area contributed by atoms with Crippen molar-refractivity contribution < 1.29 is 4.74 Å². The van der Waals surface area contributed by atoms with Crippen molar-refractivity contribution in [3.8, 4) is 11.3 Å². The van der Waals surface area contributed by atoms with Crippen LogP contribution in [0.3, 0.4) is 0 Å². The molecule has 0 N–H and O–H groups in total. The average molecular weight is 414 g/mol. The van der Waals surface area contributed by atoms with E-state index in [4.69, 9.17) is 27.9 Å². The van der Waals surface area contributed by atoms with Crippen LogP contribution in [0.2, 0.25) is 10.0 Å². The van der Waals surface area contributed by atoms with Crippen LogP contribution in [0, 0.1) is 0 Å². The Morgan fingerprint density at radius 2 is 1.82 bits per heavy atom. The molecular formula is C22H21Cl2N3O. The Hall–Kier alpha value is -1.98. The number of morpholine rings is 1. The molecule has 28 heavy (non-hydrogen) atoms. The number of rotatable bonds is 5. The molecule has 1 saturated heterocycles. The highest BCUT2D eigenvalue weighted by Crippen LogP contribution is 2.36. The van der Waals surface area contributed by atoms with Gasteiger partial charge in [-0.2, -0.15) is 0 Å². The van der Waals surface area contributed by atoms with Gasteiger partial charge in [0.2, 0.25) is 0 Å². The van der Waals surface area contributed by atoms with Crippen molar-refractivity contribution in [3.05, 3.63) is 82.2 Å². The van der Waals surface area contributed by atoms with Gasteiger partial charge in [0.25, 0.3) is 0 Å². The molecule has 0 spiro atoms. The molecule has 1 fully saturated rings. The van der Waals surface area contributed by atoms with E-state index in [1.54, 1.807) is 18.5 Å². The van der Waals surface area contributed by atoms with Crippen LogP contribution in [0.25, 0.3) is 11.3 Å². The van der Waals surface area contributed by atoms with Gasteiger partial charge >= 0.3 is 0 Å². The van der Waals surface area contributed by atoms with Crippen molar-refractivity contribution in [2.45, 2.75) is 12.5 Å². The Labute approximate surface area is 175 Å². The summed E-state index contributed by atoms with van der Waals surface area (Å²) in [5, 5.41) is 1.07. The fourth-order valence-electron chi connectivity index (χ4n) is 3.66. The Morgan fingerprint density at radius 3 is 2.61 bits per heavy atom. The van der Waals surface area contributed by atoms with Crippen LogP contribution in [0.4, 0.5) is 0 Å². The normalized spacial score (nSPS) is 16.1. The number of ether oxygens (including phenoxy) is 1. The van der Waals surface area contributed by atoms with Crippen LogP contribution in [0.5, 0.6) is 0 Å². The van der Waals surface area contributed by atoms with E-state index in [1.165, 1.54) is 5.56 Å². The standard InChI is InChI=1S/C22H21Cl2N3O/c23-19-7-1-6-18(21(19)24)22-16(4-3-9-26-22)14-20(17-5-2-8-25-15-17)27-10-12-28-13-11-27/h1-9,15,20H,10-14H2. The monoisotopic (exact) mass is 413 g/mol. The van der Waals surface area contributed by atoms with E-state index in [2.05, 4.69) is 27.0 Å². The molecule has 3 heterocycles. The summed E-state index contributed by atoms with van der Waals surface area (Å²) in [5.41, 5.74) is 4.05. The molecule has 2 aromatic heterocycles. The van der Waals surface area contributed by atoms with Crippen molar-refractivity contribution in [2.24, 2.45) is 0 Å². The van der Waals surface area contributed by atoms with E-state index in [0.717, 1.165) is 49.5 Å². The zero-order chi connectivity index (χ0) is 19.3. The highest BCUT2D eigenvalue weighted by atomic mass is 35.5. The third-order valence-corrected chi connectivity index (χ3v) is 5.89. The second-order valence-corrected chi connectivity index (χ2v) is 7.55. The smallest absolute Gasteiger partial charge is 0.0750 e. The van der Waals surface area contributed by atoms with Crippen molar-refractivity contribution >= 4 is 23.2 Å². The van der Waals surface area contributed by atoms with Crippen molar-refractivity contribution in [2.75, 3.05) is 26.3 Å². The van der Waals surface area contributed by atoms with E-state index < -0.39 is 0 Å². The van der Waals surface area contributed by atoms with Crippen LogP contribution in [-0.4, -0.2) is 41.2 Å². The molecule has 0 amide bonds. The second kappa shape index (κ2) is 9.01. The quantitative estimate of drug-likeness (QED) is 0.585. The Balaban J connectivity index is 1.72. The van der Waals surface area contributed by atoms with Crippen molar-refractivity contribution in [3.63, 3.8) is 0 Å². The fourth-order valence-corrected chi connectivity index (χ4v) is 4.05. The summed E-state index contributed by atoms with van der Waals surface area (Å²) >= 11 is 12.7. The fraction of sp³-hybridized carbons (Fsp3) is 0.273. The second-order valence-electron chi connectivity index (χ2n) is 6.77. The molecule has 0 aliphatic carbocycles. The van der Waals surface area contributed by atoms with Crippen LogP contribution in [0.15, 0.2) is 61.1 Å². The van der Waals surface area contributed by atoms with Gasteiger partial charge < -0.3 is 4.74 Å². The Kier molecular flexibility index (Phi) is 6.23. The Morgan fingerprint density at radius 1 is 1.00 bits per heavy atom. The zero-order valence-corrected chi connectivity index (χ0v) is 16.9. The molecular weight excluding hydrogens is 393 g/mol. The third kappa shape index (κ3) is 4.20. The lowest BCUT2D eigenvalue weighted by atomic mass is 9.95. The van der Waals surface area contributed by atoms with Gasteiger partial charge in [0.1, 0.15) is 0 Å². The minimum Gasteiger partial charge on any atom is -0.379 e. The van der Waals surface area contributed by atoms with E-state index >= 15 is 0 Å². The molecule has 4 nitrogen and oxygen atoms in total. The molecule has 0 saturated carbocycles. The maximum atomic E-state index is 6.49. The molecule has 0 bridgehead atoms. The molecule has 4 rings (SSSR count). The number of benzene rings is 1. The first-order valence-electron chi connectivity index (χ1n) is 9.34. The van der Waals surface area contributed by atoms with Crippen molar-refractivity contribution in [1.82, 2.24) is 14.9 Å². The number of hydrogen-bond acceptors (Lipinski definition) is 4. The summed E-state index contributed by atoms with van der Waals surface area (Å²) in [7, 11) is 0. The van der Waals surface area contributed by atoms with Gasteiger partial charge in [-0.1, -0.05) is 47.5 Å². The van der Waals surface area contributed by atoms with Gasteiger partial charge in [-0.05, 0) is 35.7 Å². The number of nitrogens with zero attached hydrogens (tertiary/aromatic N) is 3. The van der Waals surface area contributed by atoms with Crippen LogP contribution < -0.4 is 0 Å². The summed E-state index contributed by atoms with van der Waals surface area (Å²) < 4.78 is 5.56. The Bertz CT molecular complexity index is 930. The van der Waals surface area contributed by atoms with Crippen LogP contribution >= 0.6 is 23.2 Å². The number of halogens is 2. The average Bonchev–Trinajstić information content (AvgIpc) is 2.76. The van der Waals surface area contributed by atoms with Gasteiger partial charge in [-0.25, -0.2) is 0 Å². The van der Waals surface area contributed by atoms with Crippen LogP contribution in [-0.2, 0) is 11.2 Å². The topological polar surface area (TPSA) is 38.2 Å². The predicted molar refractivity (Wildman–Crippen MR) is 113 cm³/mol. The number of pyridine rings is 2. The van der Waals surface area contributed by atoms with Gasteiger partial charge in [0, 0.05) is 43.3 Å². The number of hydrogen-bond donors (Lipinski definition) is 0. The summed E-state index contributed by atoms with van der Waals surface area (Å²) in [4.78, 5) is 11.4. The molecule has 3 aromatic rings. The van der Waals surface area contributed by atoms with E-state index in [0.29, 0.717) is 10.0 Å².